The Morgan fingerprint density at radius 1 is 0.842 bits per heavy atom. The molecule has 1 aromatic carbocycles. The van der Waals surface area contributed by atoms with Gasteiger partial charge in [0.05, 0.1) is 0 Å². The van der Waals surface area contributed by atoms with Gasteiger partial charge in [0.1, 0.15) is 0 Å². The minimum absolute atomic E-state index is 0.297. The molecule has 0 aliphatic rings. The molecule has 2 rings (SSSR count). The van der Waals surface area contributed by atoms with E-state index in [0.29, 0.717) is 18.2 Å². The number of hydrogen-bond donors (Lipinski definition) is 2. The Morgan fingerprint density at radius 2 is 1.42 bits per heavy atom. The van der Waals surface area contributed by atoms with Gasteiger partial charge in [-0.1, -0.05) is 0 Å². The highest BCUT2D eigenvalue weighted by atomic mass is 19.2. The highest BCUT2D eigenvalue weighted by molar-refractivity contribution is 5.58. The van der Waals surface area contributed by atoms with E-state index in [0.717, 1.165) is 0 Å². The molecule has 1 heterocycles. The predicted molar refractivity (Wildman–Crippen MR) is 58.2 cm³/mol. The minimum Gasteiger partial charge on any atom is -0.381 e. The van der Waals surface area contributed by atoms with Crippen molar-refractivity contribution in [3.8, 4) is 0 Å². The van der Waals surface area contributed by atoms with Crippen LogP contribution in [0, 0.1) is 29.1 Å². The van der Waals surface area contributed by atoms with E-state index in [-0.39, 0.29) is 5.69 Å². The van der Waals surface area contributed by atoms with Gasteiger partial charge in [0.2, 0.25) is 0 Å². The van der Waals surface area contributed by atoms with E-state index in [1.807, 2.05) is 0 Å². The van der Waals surface area contributed by atoms with Gasteiger partial charge in [0, 0.05) is 23.9 Å². The summed E-state index contributed by atoms with van der Waals surface area (Å²) in [5, 5.41) is 2.17. The summed E-state index contributed by atoms with van der Waals surface area (Å²) < 4.78 is 64.7. The van der Waals surface area contributed by atoms with Crippen LogP contribution in [-0.4, -0.2) is 4.98 Å². The molecule has 19 heavy (non-hydrogen) atoms. The maximum Gasteiger partial charge on any atom is 0.194 e. The fraction of sp³-hybridized carbons (Fsp3) is 0. The van der Waals surface area contributed by atoms with Gasteiger partial charge < -0.3 is 11.1 Å². The van der Waals surface area contributed by atoms with Crippen molar-refractivity contribution in [2.24, 2.45) is 0 Å². The Bertz CT molecular complexity index is 621. The SMILES string of the molecule is Nc1nc(Nc2cc(F)c(F)c(F)c2)c(F)cc1F. The molecule has 3 N–H and O–H groups in total. The first-order valence-corrected chi connectivity index (χ1v) is 4.91. The number of halogens is 5. The topological polar surface area (TPSA) is 50.9 Å². The van der Waals surface area contributed by atoms with Crippen LogP contribution in [0.1, 0.15) is 0 Å². The van der Waals surface area contributed by atoms with Crippen LogP contribution in [0.2, 0.25) is 0 Å². The highest BCUT2D eigenvalue weighted by Crippen LogP contribution is 2.23. The Kier molecular flexibility index (Phi) is 3.24. The molecule has 0 fully saturated rings. The monoisotopic (exact) mass is 275 g/mol. The maximum atomic E-state index is 13.3. The van der Waals surface area contributed by atoms with Gasteiger partial charge in [0.15, 0.2) is 40.7 Å². The molecule has 8 heteroatoms. The van der Waals surface area contributed by atoms with Crippen LogP contribution >= 0.6 is 0 Å². The quantitative estimate of drug-likeness (QED) is 0.654. The minimum atomic E-state index is -1.65. The zero-order valence-electron chi connectivity index (χ0n) is 9.15. The van der Waals surface area contributed by atoms with E-state index in [1.165, 1.54) is 0 Å². The van der Waals surface area contributed by atoms with E-state index in [9.17, 15) is 22.0 Å². The lowest BCUT2D eigenvalue weighted by molar-refractivity contribution is 0.448. The number of nitrogens with two attached hydrogens (primary N) is 1. The van der Waals surface area contributed by atoms with Crippen LogP contribution < -0.4 is 11.1 Å². The molecule has 0 saturated carbocycles. The number of anilines is 3. The van der Waals surface area contributed by atoms with Gasteiger partial charge in [-0.05, 0) is 0 Å². The lowest BCUT2D eigenvalue weighted by Gasteiger charge is -2.08. The van der Waals surface area contributed by atoms with Crippen molar-refractivity contribution in [2.45, 2.75) is 0 Å². The first-order valence-electron chi connectivity index (χ1n) is 4.91. The number of nitrogen functional groups attached to an aromatic ring is 1. The molecular weight excluding hydrogens is 269 g/mol. The average Bonchev–Trinajstić information content (AvgIpc) is 2.33. The molecule has 0 aliphatic carbocycles. The molecule has 1 aromatic heterocycles. The van der Waals surface area contributed by atoms with Crippen LogP contribution in [0.5, 0.6) is 0 Å². The van der Waals surface area contributed by atoms with Gasteiger partial charge in [-0.2, -0.15) is 0 Å². The smallest absolute Gasteiger partial charge is 0.194 e. The standard InChI is InChI=1S/C11H6F5N3/c12-5-1-4(2-6(13)9(5)16)18-11-8(15)3-7(14)10(17)19-11/h1-3H,(H3,17,18,19). The van der Waals surface area contributed by atoms with Crippen molar-refractivity contribution >= 4 is 17.3 Å². The van der Waals surface area contributed by atoms with E-state index in [4.69, 9.17) is 5.73 Å². The van der Waals surface area contributed by atoms with E-state index in [2.05, 4.69) is 10.3 Å². The predicted octanol–water partition coefficient (Wildman–Crippen LogP) is 3.10. The third-order valence-electron chi connectivity index (χ3n) is 2.20. The molecule has 2 aromatic rings. The summed E-state index contributed by atoms with van der Waals surface area (Å²) in [7, 11) is 0. The fourth-order valence-corrected chi connectivity index (χ4v) is 1.33. The van der Waals surface area contributed by atoms with E-state index in [1.54, 1.807) is 0 Å². The number of nitrogens with one attached hydrogen (secondary N) is 1. The van der Waals surface area contributed by atoms with Crippen molar-refractivity contribution in [3.63, 3.8) is 0 Å². The zero-order chi connectivity index (χ0) is 14.2. The van der Waals surface area contributed by atoms with Gasteiger partial charge in [-0.25, -0.2) is 26.9 Å². The average molecular weight is 275 g/mol. The second-order valence-corrected chi connectivity index (χ2v) is 3.56. The Morgan fingerprint density at radius 3 is 2.00 bits per heavy atom. The second-order valence-electron chi connectivity index (χ2n) is 3.56. The van der Waals surface area contributed by atoms with Gasteiger partial charge in [-0.15, -0.1) is 0 Å². The molecule has 0 atom stereocenters. The normalized spacial score (nSPS) is 10.6. The Hall–Kier alpha value is -2.38. The summed E-state index contributed by atoms with van der Waals surface area (Å²) in [5.74, 6) is -7.89. The molecular formula is C11H6F5N3. The van der Waals surface area contributed by atoms with E-state index >= 15 is 0 Å². The molecule has 0 bridgehead atoms. The molecule has 0 unspecified atom stereocenters. The number of rotatable bonds is 2. The molecule has 3 nitrogen and oxygen atoms in total. The van der Waals surface area contributed by atoms with Crippen molar-refractivity contribution in [1.82, 2.24) is 4.98 Å². The molecule has 0 amide bonds. The molecule has 0 spiro atoms. The van der Waals surface area contributed by atoms with Crippen LogP contribution in [0.3, 0.4) is 0 Å². The summed E-state index contributed by atoms with van der Waals surface area (Å²) in [6, 6.07) is 1.65. The van der Waals surface area contributed by atoms with Gasteiger partial charge in [-0.3, -0.25) is 0 Å². The number of nitrogens with zero attached hydrogens (tertiary/aromatic N) is 1. The number of benzene rings is 1. The summed E-state index contributed by atoms with van der Waals surface area (Å²) in [4.78, 5) is 3.33. The van der Waals surface area contributed by atoms with Crippen LogP contribution in [0.25, 0.3) is 0 Å². The number of aromatic nitrogens is 1. The maximum absolute atomic E-state index is 13.3. The molecule has 0 saturated heterocycles. The van der Waals surface area contributed by atoms with Crippen LogP contribution in [0.15, 0.2) is 18.2 Å². The summed E-state index contributed by atoms with van der Waals surface area (Å²) in [6.07, 6.45) is 0. The van der Waals surface area contributed by atoms with Gasteiger partial charge in [0.25, 0.3) is 0 Å². The lowest BCUT2D eigenvalue weighted by Crippen LogP contribution is -2.04. The van der Waals surface area contributed by atoms with Crippen molar-refractivity contribution in [1.29, 1.82) is 0 Å². The highest BCUT2D eigenvalue weighted by Gasteiger charge is 2.14. The van der Waals surface area contributed by atoms with E-state index < -0.39 is 40.7 Å². The summed E-state index contributed by atoms with van der Waals surface area (Å²) >= 11 is 0. The van der Waals surface area contributed by atoms with Crippen molar-refractivity contribution < 1.29 is 22.0 Å². The number of hydrogen-bond acceptors (Lipinski definition) is 3. The largest absolute Gasteiger partial charge is 0.381 e. The number of pyridine rings is 1. The molecule has 0 radical (unpaired) electrons. The first-order chi connectivity index (χ1) is 8.88. The van der Waals surface area contributed by atoms with Crippen molar-refractivity contribution in [2.75, 3.05) is 11.1 Å². The third-order valence-corrected chi connectivity index (χ3v) is 2.20. The van der Waals surface area contributed by atoms with Crippen LogP contribution in [0.4, 0.5) is 39.3 Å². The van der Waals surface area contributed by atoms with Crippen LogP contribution in [-0.2, 0) is 0 Å². The third kappa shape index (κ3) is 2.56. The van der Waals surface area contributed by atoms with Crippen molar-refractivity contribution in [3.05, 3.63) is 47.3 Å². The molecule has 0 aliphatic heterocycles. The fourth-order valence-electron chi connectivity index (χ4n) is 1.33. The van der Waals surface area contributed by atoms with Gasteiger partial charge >= 0.3 is 0 Å². The summed E-state index contributed by atoms with van der Waals surface area (Å²) in [5.41, 5.74) is 4.83. The lowest BCUT2D eigenvalue weighted by atomic mass is 10.2. The second kappa shape index (κ2) is 4.71. The Labute approximate surface area is 103 Å². The first kappa shape index (κ1) is 13.1. The summed E-state index contributed by atoms with van der Waals surface area (Å²) in [6.45, 7) is 0. The zero-order valence-corrected chi connectivity index (χ0v) is 9.15. The molecule has 100 valence electrons. The Balaban J connectivity index is 2.39.